The maximum absolute atomic E-state index is 5.18. The van der Waals surface area contributed by atoms with Crippen LogP contribution in [0.2, 0.25) is 0 Å². The molecule has 0 unspecified atom stereocenters. The van der Waals surface area contributed by atoms with E-state index in [1.807, 2.05) is 42.5 Å². The van der Waals surface area contributed by atoms with Crippen LogP contribution in [0.1, 0.15) is 20.3 Å². The highest BCUT2D eigenvalue weighted by Crippen LogP contribution is 2.22. The molecule has 2 heterocycles. The molecule has 0 spiro atoms. The van der Waals surface area contributed by atoms with Crippen molar-refractivity contribution in [1.29, 1.82) is 0 Å². The zero-order valence-corrected chi connectivity index (χ0v) is 14.4. The van der Waals surface area contributed by atoms with Crippen molar-refractivity contribution in [2.75, 3.05) is 25.6 Å². The summed E-state index contributed by atoms with van der Waals surface area (Å²) in [6.45, 7) is 6.00. The predicted molar refractivity (Wildman–Crippen MR) is 95.0 cm³/mol. The molecule has 2 aromatic heterocycles. The number of aromatic nitrogens is 4. The number of nitrogens with zero attached hydrogens (tertiary/aromatic N) is 4. The van der Waals surface area contributed by atoms with Gasteiger partial charge < -0.3 is 10.1 Å². The van der Waals surface area contributed by atoms with Gasteiger partial charge in [0.05, 0.1) is 0 Å². The number of fused-ring (bicyclic) bond motifs is 1. The van der Waals surface area contributed by atoms with Crippen LogP contribution >= 0.6 is 0 Å². The molecule has 0 saturated heterocycles. The molecular formula is C18H23N5O. The molecule has 24 heavy (non-hydrogen) atoms. The average molecular weight is 325 g/mol. The van der Waals surface area contributed by atoms with Crippen LogP contribution in [0.5, 0.6) is 0 Å². The molecule has 1 aromatic carbocycles. The quantitative estimate of drug-likeness (QED) is 0.722. The molecule has 0 aliphatic heterocycles. The Labute approximate surface area is 141 Å². The minimum Gasteiger partial charge on any atom is -0.385 e. The lowest BCUT2D eigenvalue weighted by atomic mass is 9.90. The average Bonchev–Trinajstić information content (AvgIpc) is 3.02. The van der Waals surface area contributed by atoms with E-state index in [-0.39, 0.29) is 5.41 Å². The van der Waals surface area contributed by atoms with Crippen LogP contribution in [0.3, 0.4) is 0 Å². The van der Waals surface area contributed by atoms with Crippen LogP contribution in [0, 0.1) is 5.41 Å². The molecule has 3 rings (SSSR count). The maximum atomic E-state index is 5.18. The van der Waals surface area contributed by atoms with Gasteiger partial charge in [0, 0.05) is 25.8 Å². The molecule has 0 amide bonds. The van der Waals surface area contributed by atoms with Gasteiger partial charge in [0.1, 0.15) is 5.82 Å². The van der Waals surface area contributed by atoms with E-state index >= 15 is 0 Å². The minimum atomic E-state index is 0.127. The second-order valence-corrected chi connectivity index (χ2v) is 6.64. The Bertz CT molecular complexity index is 798. The third-order valence-corrected chi connectivity index (χ3v) is 4.03. The SMILES string of the molecule is COCCC(C)(C)CNc1ccc2nnc(-c3ccccc3)n2n1. The lowest BCUT2D eigenvalue weighted by Crippen LogP contribution is -2.25. The molecule has 126 valence electrons. The first kappa shape index (κ1) is 16.4. The molecule has 1 N–H and O–H groups in total. The number of rotatable bonds is 7. The largest absolute Gasteiger partial charge is 0.385 e. The number of ether oxygens (including phenoxy) is 1. The highest BCUT2D eigenvalue weighted by molar-refractivity contribution is 5.59. The topological polar surface area (TPSA) is 64.3 Å². The van der Waals surface area contributed by atoms with Crippen LogP contribution in [0.4, 0.5) is 5.82 Å². The molecule has 0 atom stereocenters. The van der Waals surface area contributed by atoms with Gasteiger partial charge in [-0.15, -0.1) is 15.3 Å². The van der Waals surface area contributed by atoms with E-state index in [9.17, 15) is 0 Å². The summed E-state index contributed by atoms with van der Waals surface area (Å²) in [7, 11) is 1.73. The zero-order chi connectivity index (χ0) is 17.0. The molecule has 0 aliphatic carbocycles. The second kappa shape index (κ2) is 6.97. The van der Waals surface area contributed by atoms with Gasteiger partial charge in [0.15, 0.2) is 11.5 Å². The van der Waals surface area contributed by atoms with Gasteiger partial charge >= 0.3 is 0 Å². The lowest BCUT2D eigenvalue weighted by Gasteiger charge is -2.24. The monoisotopic (exact) mass is 325 g/mol. The summed E-state index contributed by atoms with van der Waals surface area (Å²) >= 11 is 0. The molecule has 0 radical (unpaired) electrons. The van der Waals surface area contributed by atoms with Crippen molar-refractivity contribution >= 4 is 11.5 Å². The summed E-state index contributed by atoms with van der Waals surface area (Å²) in [5.74, 6) is 1.55. The molecular weight excluding hydrogens is 302 g/mol. The number of anilines is 1. The summed E-state index contributed by atoms with van der Waals surface area (Å²) in [4.78, 5) is 0. The van der Waals surface area contributed by atoms with Crippen molar-refractivity contribution in [3.63, 3.8) is 0 Å². The molecule has 0 bridgehead atoms. The Morgan fingerprint density at radius 3 is 2.62 bits per heavy atom. The van der Waals surface area contributed by atoms with Crippen LogP contribution in [0.15, 0.2) is 42.5 Å². The lowest BCUT2D eigenvalue weighted by molar-refractivity contribution is 0.157. The molecule has 6 heteroatoms. The Balaban J connectivity index is 1.81. The van der Waals surface area contributed by atoms with Gasteiger partial charge in [-0.05, 0) is 24.0 Å². The van der Waals surface area contributed by atoms with Crippen molar-refractivity contribution in [2.45, 2.75) is 20.3 Å². The molecule has 0 aliphatic rings. The Morgan fingerprint density at radius 1 is 1.08 bits per heavy atom. The molecule has 3 aromatic rings. The van der Waals surface area contributed by atoms with Crippen LogP contribution in [-0.4, -0.2) is 40.1 Å². The zero-order valence-electron chi connectivity index (χ0n) is 14.4. The van der Waals surface area contributed by atoms with Gasteiger partial charge in [0.25, 0.3) is 0 Å². The van der Waals surface area contributed by atoms with Crippen molar-refractivity contribution < 1.29 is 4.74 Å². The van der Waals surface area contributed by atoms with Crippen molar-refractivity contribution in [1.82, 2.24) is 19.8 Å². The fourth-order valence-electron chi connectivity index (χ4n) is 2.45. The fourth-order valence-corrected chi connectivity index (χ4v) is 2.45. The van der Waals surface area contributed by atoms with E-state index in [1.54, 1.807) is 11.6 Å². The van der Waals surface area contributed by atoms with Crippen molar-refractivity contribution in [2.24, 2.45) is 5.41 Å². The summed E-state index contributed by atoms with van der Waals surface area (Å²) in [5.41, 5.74) is 1.86. The van der Waals surface area contributed by atoms with Gasteiger partial charge in [-0.2, -0.15) is 4.52 Å². The normalized spacial score (nSPS) is 11.8. The summed E-state index contributed by atoms with van der Waals surface area (Å²) in [6.07, 6.45) is 0.987. The minimum absolute atomic E-state index is 0.127. The van der Waals surface area contributed by atoms with Gasteiger partial charge in [-0.1, -0.05) is 44.2 Å². The van der Waals surface area contributed by atoms with Crippen LogP contribution in [-0.2, 0) is 4.74 Å². The standard InChI is InChI=1S/C18H23N5O/c1-18(2,11-12-24-3)13-19-15-9-10-16-20-21-17(23(16)22-15)14-7-5-4-6-8-14/h4-10H,11-13H2,1-3H3,(H,19,22). The second-order valence-electron chi connectivity index (χ2n) is 6.64. The first-order valence-corrected chi connectivity index (χ1v) is 8.10. The van der Waals surface area contributed by atoms with E-state index in [2.05, 4.69) is 34.5 Å². The van der Waals surface area contributed by atoms with Crippen molar-refractivity contribution in [3.05, 3.63) is 42.5 Å². The molecule has 0 fully saturated rings. The highest BCUT2D eigenvalue weighted by atomic mass is 16.5. The smallest absolute Gasteiger partial charge is 0.185 e. The number of nitrogens with one attached hydrogen (secondary N) is 1. The van der Waals surface area contributed by atoms with Gasteiger partial charge in [-0.25, -0.2) is 0 Å². The third-order valence-electron chi connectivity index (χ3n) is 4.03. The summed E-state index contributed by atoms with van der Waals surface area (Å²) in [5, 5.41) is 16.5. The molecule has 0 saturated carbocycles. The fraction of sp³-hybridized carbons (Fsp3) is 0.389. The Morgan fingerprint density at radius 2 is 1.88 bits per heavy atom. The highest BCUT2D eigenvalue weighted by Gasteiger charge is 2.18. The number of methoxy groups -OCH3 is 1. The Hall–Kier alpha value is -2.47. The number of hydrogen-bond donors (Lipinski definition) is 1. The number of hydrogen-bond acceptors (Lipinski definition) is 5. The van der Waals surface area contributed by atoms with Crippen LogP contribution < -0.4 is 5.32 Å². The first-order valence-electron chi connectivity index (χ1n) is 8.10. The maximum Gasteiger partial charge on any atom is 0.185 e. The van der Waals surface area contributed by atoms with E-state index in [1.165, 1.54) is 0 Å². The van der Waals surface area contributed by atoms with Crippen molar-refractivity contribution in [3.8, 4) is 11.4 Å². The Kier molecular flexibility index (Phi) is 4.76. The molecule has 6 nitrogen and oxygen atoms in total. The predicted octanol–water partition coefficient (Wildman–Crippen LogP) is 3.27. The summed E-state index contributed by atoms with van der Waals surface area (Å²) in [6, 6.07) is 13.8. The van der Waals surface area contributed by atoms with Gasteiger partial charge in [-0.3, -0.25) is 0 Å². The van der Waals surface area contributed by atoms with E-state index < -0.39 is 0 Å². The van der Waals surface area contributed by atoms with E-state index in [0.29, 0.717) is 0 Å². The van der Waals surface area contributed by atoms with E-state index in [0.717, 1.165) is 42.4 Å². The first-order chi connectivity index (χ1) is 11.6. The summed E-state index contributed by atoms with van der Waals surface area (Å²) < 4.78 is 6.96. The number of benzene rings is 1. The van der Waals surface area contributed by atoms with Crippen LogP contribution in [0.25, 0.3) is 17.0 Å². The van der Waals surface area contributed by atoms with Gasteiger partial charge in [0.2, 0.25) is 0 Å². The third kappa shape index (κ3) is 3.71. The van der Waals surface area contributed by atoms with E-state index in [4.69, 9.17) is 4.74 Å².